The van der Waals surface area contributed by atoms with Crippen molar-refractivity contribution in [2.24, 2.45) is 0 Å². The van der Waals surface area contributed by atoms with E-state index in [4.69, 9.17) is 14.2 Å². The number of hydrogen-bond donors (Lipinski definition) is 0. The molecule has 0 amide bonds. The molecule has 0 aliphatic rings. The van der Waals surface area contributed by atoms with Gasteiger partial charge in [0.2, 0.25) is 0 Å². The van der Waals surface area contributed by atoms with Crippen LogP contribution in [0.3, 0.4) is 0 Å². The van der Waals surface area contributed by atoms with Crippen molar-refractivity contribution in [1.29, 1.82) is 0 Å². The van der Waals surface area contributed by atoms with E-state index in [1.165, 1.54) is 32.1 Å². The maximum Gasteiger partial charge on any atom is 0.306 e. The lowest BCUT2D eigenvalue weighted by atomic mass is 10.1. The van der Waals surface area contributed by atoms with E-state index in [-0.39, 0.29) is 37.5 Å². The van der Waals surface area contributed by atoms with Crippen molar-refractivity contribution in [2.45, 2.75) is 232 Å². The molecular formula is C65H102O6. The van der Waals surface area contributed by atoms with Gasteiger partial charge >= 0.3 is 17.9 Å². The fourth-order valence-corrected chi connectivity index (χ4v) is 7.05. The van der Waals surface area contributed by atoms with Gasteiger partial charge in [-0.15, -0.1) is 0 Å². The van der Waals surface area contributed by atoms with Crippen LogP contribution in [0.25, 0.3) is 0 Å². The van der Waals surface area contributed by atoms with Crippen molar-refractivity contribution in [3.8, 4) is 0 Å². The largest absolute Gasteiger partial charge is 0.462 e. The number of hydrogen-bond acceptors (Lipinski definition) is 6. The van der Waals surface area contributed by atoms with E-state index in [0.29, 0.717) is 19.3 Å². The van der Waals surface area contributed by atoms with Gasteiger partial charge in [-0.05, 0) is 128 Å². The minimum atomic E-state index is -0.817. The third-order valence-electron chi connectivity index (χ3n) is 11.3. The summed E-state index contributed by atoms with van der Waals surface area (Å²) in [4.78, 5) is 38.0. The number of ether oxygens (including phenoxy) is 3. The van der Waals surface area contributed by atoms with Crippen LogP contribution >= 0.6 is 0 Å². The van der Waals surface area contributed by atoms with Crippen LogP contribution < -0.4 is 0 Å². The number of rotatable bonds is 49. The summed E-state index contributed by atoms with van der Waals surface area (Å²) in [5.41, 5.74) is 0. The Morgan fingerprint density at radius 3 is 0.986 bits per heavy atom. The van der Waals surface area contributed by atoms with Gasteiger partial charge in [0.15, 0.2) is 6.10 Å². The maximum atomic E-state index is 12.8. The highest BCUT2D eigenvalue weighted by molar-refractivity contribution is 5.71. The van der Waals surface area contributed by atoms with Crippen LogP contribution in [0.2, 0.25) is 0 Å². The minimum absolute atomic E-state index is 0.111. The zero-order valence-electron chi connectivity index (χ0n) is 45.4. The fourth-order valence-electron chi connectivity index (χ4n) is 7.05. The highest BCUT2D eigenvalue weighted by Crippen LogP contribution is 2.12. The Kier molecular flexibility index (Phi) is 54.0. The van der Waals surface area contributed by atoms with Crippen LogP contribution in [0.4, 0.5) is 0 Å². The Balaban J connectivity index is 4.41. The fraction of sp³-hybridized carbons (Fsp3) is 0.585. The smallest absolute Gasteiger partial charge is 0.306 e. The van der Waals surface area contributed by atoms with Gasteiger partial charge in [-0.3, -0.25) is 14.4 Å². The van der Waals surface area contributed by atoms with Gasteiger partial charge in [0.25, 0.3) is 0 Å². The number of carbonyl (C=O) groups is 3. The summed E-state index contributed by atoms with van der Waals surface area (Å²) in [5, 5.41) is 0. The first-order chi connectivity index (χ1) is 35.0. The van der Waals surface area contributed by atoms with Crippen LogP contribution in [-0.4, -0.2) is 37.2 Å². The van der Waals surface area contributed by atoms with E-state index < -0.39 is 6.10 Å². The van der Waals surface area contributed by atoms with Crippen LogP contribution in [0.15, 0.2) is 146 Å². The summed E-state index contributed by atoms with van der Waals surface area (Å²) in [6.07, 6.45) is 82.8. The van der Waals surface area contributed by atoms with E-state index in [1.807, 2.05) is 0 Å². The van der Waals surface area contributed by atoms with E-state index >= 15 is 0 Å². The topological polar surface area (TPSA) is 78.9 Å². The first kappa shape index (κ1) is 66.3. The molecule has 0 aliphatic carbocycles. The molecule has 0 aliphatic heterocycles. The van der Waals surface area contributed by atoms with Crippen molar-refractivity contribution in [3.05, 3.63) is 146 Å². The number of allylic oxidation sites excluding steroid dienone is 24. The molecule has 1 unspecified atom stereocenters. The molecule has 0 radical (unpaired) electrons. The molecule has 0 spiro atoms. The predicted molar refractivity (Wildman–Crippen MR) is 306 cm³/mol. The summed E-state index contributed by atoms with van der Waals surface area (Å²) >= 11 is 0. The molecule has 0 rings (SSSR count). The lowest BCUT2D eigenvalue weighted by molar-refractivity contribution is -0.167. The lowest BCUT2D eigenvalue weighted by Crippen LogP contribution is -2.30. The van der Waals surface area contributed by atoms with Crippen LogP contribution in [0, 0.1) is 0 Å². The molecule has 0 aromatic heterocycles. The molecule has 1 atom stereocenters. The molecule has 6 nitrogen and oxygen atoms in total. The van der Waals surface area contributed by atoms with Crippen LogP contribution in [0.1, 0.15) is 226 Å². The molecule has 0 saturated heterocycles. The first-order valence-electron chi connectivity index (χ1n) is 28.3. The quantitative estimate of drug-likeness (QED) is 0.0262. The SMILES string of the molecule is CC/C=C\C/C=C\C/C=C\C/C=C\C/C=C\C/C=C\C/C=C\C/C=C\C/C=C\CCCC(=O)OCC(COC(=O)CCCCCCC/C=C\CCCC)OC(=O)CCCCCCC/C=C\C/C=C\CCC. The van der Waals surface area contributed by atoms with Crippen LogP contribution in [0.5, 0.6) is 0 Å². The molecule has 0 saturated carbocycles. The third kappa shape index (κ3) is 56.1. The molecule has 6 heteroatoms. The Morgan fingerprint density at radius 1 is 0.296 bits per heavy atom. The van der Waals surface area contributed by atoms with E-state index in [1.54, 1.807) is 0 Å². The third-order valence-corrected chi connectivity index (χ3v) is 11.3. The minimum Gasteiger partial charge on any atom is -0.462 e. The Labute approximate surface area is 436 Å². The molecular weight excluding hydrogens is 877 g/mol. The summed E-state index contributed by atoms with van der Waals surface area (Å²) in [5.74, 6) is -1.01. The van der Waals surface area contributed by atoms with Gasteiger partial charge in [-0.1, -0.05) is 224 Å². The van der Waals surface area contributed by atoms with E-state index in [9.17, 15) is 14.4 Å². The normalized spacial score (nSPS) is 13.2. The Bertz CT molecular complexity index is 1590. The zero-order chi connectivity index (χ0) is 51.4. The van der Waals surface area contributed by atoms with Crippen molar-refractivity contribution in [3.63, 3.8) is 0 Å². The highest BCUT2D eigenvalue weighted by atomic mass is 16.6. The number of carbonyl (C=O) groups excluding carboxylic acids is 3. The van der Waals surface area contributed by atoms with Crippen molar-refractivity contribution in [1.82, 2.24) is 0 Å². The van der Waals surface area contributed by atoms with Crippen molar-refractivity contribution < 1.29 is 28.6 Å². The number of esters is 3. The molecule has 398 valence electrons. The Morgan fingerprint density at radius 2 is 0.592 bits per heavy atom. The Hall–Kier alpha value is -4.71. The highest BCUT2D eigenvalue weighted by Gasteiger charge is 2.19. The van der Waals surface area contributed by atoms with Crippen molar-refractivity contribution >= 4 is 17.9 Å². The van der Waals surface area contributed by atoms with Crippen LogP contribution in [-0.2, 0) is 28.6 Å². The molecule has 0 heterocycles. The summed E-state index contributed by atoms with van der Waals surface area (Å²) < 4.78 is 16.7. The molecule has 0 bridgehead atoms. The standard InChI is InChI=1S/C65H102O6/c1-4-7-10-13-16-19-22-24-25-26-27-28-29-30-31-32-33-34-35-36-37-38-39-41-43-46-49-52-55-58-64(67)70-61-62(60-69-63(66)57-54-51-48-45-42-21-18-15-12-9-6-3)71-65(68)59-56-53-50-47-44-40-23-20-17-14-11-8-5-2/h7,10-11,14-16,18-20,23-25,27-28,30-31,33-34,36-37,39,41,46,49,62H,4-6,8-9,12-13,17,21-22,26,29,32,35,38,40,42-45,47-48,50-61H2,1-3H3/b10-7-,14-11-,18-15-,19-16-,23-20-,25-24-,28-27-,31-30-,34-33-,37-36-,41-39-,49-46-. The molecule has 0 fully saturated rings. The molecule has 0 N–H and O–H groups in total. The number of unbranched alkanes of at least 4 members (excludes halogenated alkanes) is 14. The molecule has 0 aromatic carbocycles. The van der Waals surface area contributed by atoms with Crippen molar-refractivity contribution in [2.75, 3.05) is 13.2 Å². The van der Waals surface area contributed by atoms with Gasteiger partial charge in [0.05, 0.1) is 0 Å². The summed E-state index contributed by atoms with van der Waals surface area (Å²) in [6, 6.07) is 0. The second-order valence-corrected chi connectivity index (χ2v) is 18.1. The summed E-state index contributed by atoms with van der Waals surface area (Å²) in [6.45, 7) is 6.33. The summed E-state index contributed by atoms with van der Waals surface area (Å²) in [7, 11) is 0. The van der Waals surface area contributed by atoms with Gasteiger partial charge in [0, 0.05) is 19.3 Å². The van der Waals surface area contributed by atoms with Gasteiger partial charge < -0.3 is 14.2 Å². The second-order valence-electron chi connectivity index (χ2n) is 18.1. The van der Waals surface area contributed by atoms with Gasteiger partial charge in [0.1, 0.15) is 13.2 Å². The predicted octanol–water partition coefficient (Wildman–Crippen LogP) is 19.2. The average molecular weight is 980 g/mol. The maximum absolute atomic E-state index is 12.8. The van der Waals surface area contributed by atoms with E-state index in [0.717, 1.165) is 148 Å². The zero-order valence-corrected chi connectivity index (χ0v) is 45.4. The monoisotopic (exact) mass is 979 g/mol. The molecule has 0 aromatic rings. The molecule has 71 heavy (non-hydrogen) atoms. The lowest BCUT2D eigenvalue weighted by Gasteiger charge is -2.18. The average Bonchev–Trinajstić information content (AvgIpc) is 3.37. The first-order valence-corrected chi connectivity index (χ1v) is 28.3. The van der Waals surface area contributed by atoms with E-state index in [2.05, 4.69) is 167 Å². The van der Waals surface area contributed by atoms with Gasteiger partial charge in [-0.25, -0.2) is 0 Å². The van der Waals surface area contributed by atoms with Gasteiger partial charge in [-0.2, -0.15) is 0 Å². The second kappa shape index (κ2) is 57.9.